The lowest BCUT2D eigenvalue weighted by Gasteiger charge is -2.16. The van der Waals surface area contributed by atoms with Gasteiger partial charge in [0.05, 0.1) is 11.3 Å². The number of nitrogens with two attached hydrogens (primary N) is 1. The van der Waals surface area contributed by atoms with E-state index in [2.05, 4.69) is 5.32 Å². The van der Waals surface area contributed by atoms with Crippen LogP contribution in [0, 0.1) is 21.7 Å². The predicted molar refractivity (Wildman–Crippen MR) is 88.0 cm³/mol. The van der Waals surface area contributed by atoms with Crippen LogP contribution in [0.15, 0.2) is 42.5 Å². The molecule has 0 radical (unpaired) electrons. The van der Waals surface area contributed by atoms with Gasteiger partial charge in [-0.15, -0.1) is 0 Å². The SMILES string of the molecule is NC(=O)[C@@H](Cc1ccc([N+](=O)[O-])cc1)NC(=O)Cc1ccc(F)cc1F. The number of hydrogen-bond donors (Lipinski definition) is 2. The Morgan fingerprint density at radius 2 is 1.81 bits per heavy atom. The Labute approximate surface area is 147 Å². The molecule has 2 aromatic rings. The third kappa shape index (κ3) is 5.07. The molecule has 0 aliphatic carbocycles. The molecule has 0 aliphatic rings. The largest absolute Gasteiger partial charge is 0.368 e. The fourth-order valence-electron chi connectivity index (χ4n) is 2.30. The number of nitrogens with zero attached hydrogens (tertiary/aromatic N) is 1. The molecule has 1 atom stereocenters. The molecule has 0 heterocycles. The molecule has 2 rings (SSSR count). The van der Waals surface area contributed by atoms with Crippen molar-refractivity contribution in [2.45, 2.75) is 18.9 Å². The molecule has 0 saturated heterocycles. The van der Waals surface area contributed by atoms with E-state index in [4.69, 9.17) is 5.73 Å². The second-order valence-corrected chi connectivity index (χ2v) is 5.56. The van der Waals surface area contributed by atoms with E-state index in [1.165, 1.54) is 24.3 Å². The van der Waals surface area contributed by atoms with E-state index in [1.54, 1.807) is 0 Å². The lowest BCUT2D eigenvalue weighted by Crippen LogP contribution is -2.46. The first-order valence-electron chi connectivity index (χ1n) is 7.52. The summed E-state index contributed by atoms with van der Waals surface area (Å²) in [4.78, 5) is 33.7. The molecule has 0 aromatic heterocycles. The summed E-state index contributed by atoms with van der Waals surface area (Å²) in [6.45, 7) is 0. The lowest BCUT2D eigenvalue weighted by atomic mass is 10.0. The Kier molecular flexibility index (Phi) is 5.94. The highest BCUT2D eigenvalue weighted by Gasteiger charge is 2.20. The van der Waals surface area contributed by atoms with Gasteiger partial charge in [0.1, 0.15) is 17.7 Å². The van der Waals surface area contributed by atoms with E-state index < -0.39 is 40.8 Å². The van der Waals surface area contributed by atoms with Gasteiger partial charge in [0.15, 0.2) is 0 Å². The number of hydrogen-bond acceptors (Lipinski definition) is 4. The fourth-order valence-corrected chi connectivity index (χ4v) is 2.30. The van der Waals surface area contributed by atoms with Gasteiger partial charge in [-0.2, -0.15) is 0 Å². The van der Waals surface area contributed by atoms with Crippen LogP contribution in [0.1, 0.15) is 11.1 Å². The second kappa shape index (κ2) is 8.15. The number of carbonyl (C=O) groups excluding carboxylic acids is 2. The number of nitro groups is 1. The zero-order chi connectivity index (χ0) is 19.3. The Morgan fingerprint density at radius 3 is 2.35 bits per heavy atom. The number of nitrogens with one attached hydrogen (secondary N) is 1. The molecule has 26 heavy (non-hydrogen) atoms. The molecule has 0 unspecified atom stereocenters. The molecule has 7 nitrogen and oxygen atoms in total. The summed E-state index contributed by atoms with van der Waals surface area (Å²) in [7, 11) is 0. The molecule has 0 fully saturated rings. The maximum Gasteiger partial charge on any atom is 0.269 e. The van der Waals surface area contributed by atoms with Gasteiger partial charge in [-0.3, -0.25) is 19.7 Å². The van der Waals surface area contributed by atoms with Crippen molar-refractivity contribution in [1.82, 2.24) is 5.32 Å². The van der Waals surface area contributed by atoms with Crippen LogP contribution in [0.25, 0.3) is 0 Å². The molecule has 2 amide bonds. The zero-order valence-corrected chi connectivity index (χ0v) is 13.4. The molecule has 2 aromatic carbocycles. The van der Waals surface area contributed by atoms with Crippen molar-refractivity contribution in [2.75, 3.05) is 0 Å². The first-order chi connectivity index (χ1) is 12.3. The summed E-state index contributed by atoms with van der Waals surface area (Å²) < 4.78 is 26.5. The monoisotopic (exact) mass is 363 g/mol. The van der Waals surface area contributed by atoms with Crippen molar-refractivity contribution >= 4 is 17.5 Å². The van der Waals surface area contributed by atoms with Gasteiger partial charge in [0.25, 0.3) is 5.69 Å². The average Bonchev–Trinajstić information content (AvgIpc) is 2.57. The summed E-state index contributed by atoms with van der Waals surface area (Å²) in [5, 5.41) is 13.0. The number of primary amides is 1. The van der Waals surface area contributed by atoms with Crippen molar-refractivity contribution in [2.24, 2.45) is 5.73 Å². The molecule has 3 N–H and O–H groups in total. The minimum absolute atomic E-state index is 0.0188. The molecular weight excluding hydrogens is 348 g/mol. The van der Waals surface area contributed by atoms with E-state index in [0.29, 0.717) is 11.6 Å². The van der Waals surface area contributed by atoms with Crippen LogP contribution in [0.5, 0.6) is 0 Å². The fraction of sp³-hybridized carbons (Fsp3) is 0.176. The molecule has 9 heteroatoms. The third-order valence-corrected chi connectivity index (χ3v) is 3.63. The number of benzene rings is 2. The minimum Gasteiger partial charge on any atom is -0.368 e. The van der Waals surface area contributed by atoms with Crippen LogP contribution in [-0.4, -0.2) is 22.8 Å². The van der Waals surface area contributed by atoms with E-state index in [0.717, 1.165) is 12.1 Å². The van der Waals surface area contributed by atoms with Gasteiger partial charge in [-0.25, -0.2) is 8.78 Å². The lowest BCUT2D eigenvalue weighted by molar-refractivity contribution is -0.384. The van der Waals surface area contributed by atoms with Crippen LogP contribution < -0.4 is 11.1 Å². The first kappa shape index (κ1) is 19.0. The van der Waals surface area contributed by atoms with Crippen LogP contribution in [0.2, 0.25) is 0 Å². The first-order valence-corrected chi connectivity index (χ1v) is 7.52. The van der Waals surface area contributed by atoms with E-state index in [1.807, 2.05) is 0 Å². The molecule has 0 spiro atoms. The molecular formula is C17H15F2N3O4. The summed E-state index contributed by atoms with van der Waals surface area (Å²) in [6, 6.07) is 7.16. The third-order valence-electron chi connectivity index (χ3n) is 3.63. The van der Waals surface area contributed by atoms with Crippen molar-refractivity contribution < 1.29 is 23.3 Å². The number of nitro benzene ring substituents is 1. The number of amides is 2. The maximum absolute atomic E-state index is 13.6. The predicted octanol–water partition coefficient (Wildman–Crippen LogP) is 1.63. The Morgan fingerprint density at radius 1 is 1.15 bits per heavy atom. The maximum atomic E-state index is 13.6. The standard InChI is InChI=1S/C17H15F2N3O4/c18-12-4-3-11(14(19)9-12)8-16(23)21-15(17(20)24)7-10-1-5-13(6-2-10)22(25)26/h1-6,9,15H,7-8H2,(H2,20,24)(H,21,23)/t15-/m1/s1. The van der Waals surface area contributed by atoms with Gasteiger partial charge in [0, 0.05) is 24.6 Å². The summed E-state index contributed by atoms with van der Waals surface area (Å²) in [5.41, 5.74) is 5.68. The Bertz CT molecular complexity index is 840. The Balaban J connectivity index is 2.04. The summed E-state index contributed by atoms with van der Waals surface area (Å²) >= 11 is 0. The highest BCUT2D eigenvalue weighted by Crippen LogP contribution is 2.14. The zero-order valence-electron chi connectivity index (χ0n) is 13.4. The summed E-state index contributed by atoms with van der Waals surface area (Å²) in [6.07, 6.45) is -0.374. The van der Waals surface area contributed by atoms with Gasteiger partial charge >= 0.3 is 0 Å². The number of rotatable bonds is 7. The molecule has 0 saturated carbocycles. The van der Waals surface area contributed by atoms with Crippen molar-refractivity contribution in [3.8, 4) is 0 Å². The van der Waals surface area contributed by atoms with Gasteiger partial charge in [-0.1, -0.05) is 18.2 Å². The smallest absolute Gasteiger partial charge is 0.269 e. The molecule has 0 aliphatic heterocycles. The highest BCUT2D eigenvalue weighted by molar-refractivity contribution is 5.87. The van der Waals surface area contributed by atoms with Crippen molar-refractivity contribution in [1.29, 1.82) is 0 Å². The van der Waals surface area contributed by atoms with Gasteiger partial charge < -0.3 is 11.1 Å². The molecule has 136 valence electrons. The number of halogens is 2. The number of carbonyl (C=O) groups is 2. The van der Waals surface area contributed by atoms with Crippen LogP contribution in [-0.2, 0) is 22.4 Å². The highest BCUT2D eigenvalue weighted by atomic mass is 19.1. The molecule has 0 bridgehead atoms. The normalized spacial score (nSPS) is 11.6. The van der Waals surface area contributed by atoms with Crippen LogP contribution in [0.3, 0.4) is 0 Å². The van der Waals surface area contributed by atoms with E-state index in [9.17, 15) is 28.5 Å². The minimum atomic E-state index is -1.08. The average molecular weight is 363 g/mol. The van der Waals surface area contributed by atoms with Gasteiger partial charge in [-0.05, 0) is 17.2 Å². The van der Waals surface area contributed by atoms with Gasteiger partial charge in [0.2, 0.25) is 11.8 Å². The van der Waals surface area contributed by atoms with Crippen molar-refractivity contribution in [3.05, 3.63) is 75.3 Å². The van der Waals surface area contributed by atoms with E-state index >= 15 is 0 Å². The topological polar surface area (TPSA) is 115 Å². The van der Waals surface area contributed by atoms with Crippen molar-refractivity contribution in [3.63, 3.8) is 0 Å². The Hall–Kier alpha value is -3.36. The summed E-state index contributed by atoms with van der Waals surface area (Å²) in [5.74, 6) is -3.11. The van der Waals surface area contributed by atoms with Crippen LogP contribution in [0.4, 0.5) is 14.5 Å². The number of non-ortho nitro benzene ring substituents is 1. The second-order valence-electron chi connectivity index (χ2n) is 5.56. The van der Waals surface area contributed by atoms with Crippen LogP contribution >= 0.6 is 0 Å². The quantitative estimate of drug-likeness (QED) is 0.574. The van der Waals surface area contributed by atoms with E-state index in [-0.39, 0.29) is 17.7 Å².